The zero-order valence-corrected chi connectivity index (χ0v) is 11.9. The molecular formula is C11H15N7OS. The molecule has 0 fully saturated rings. The molecule has 0 aromatic carbocycles. The first kappa shape index (κ1) is 14.1. The van der Waals surface area contributed by atoms with Gasteiger partial charge in [-0.2, -0.15) is 5.10 Å². The van der Waals surface area contributed by atoms with Crippen molar-refractivity contribution < 1.29 is 4.79 Å². The molecule has 0 unspecified atom stereocenters. The van der Waals surface area contributed by atoms with Crippen LogP contribution in [0.4, 0.5) is 17.5 Å². The molecule has 2 aromatic rings. The molecule has 2 rings (SSSR count). The van der Waals surface area contributed by atoms with Crippen LogP contribution in [0, 0.1) is 6.92 Å². The maximum absolute atomic E-state index is 11.8. The molecule has 0 saturated heterocycles. The van der Waals surface area contributed by atoms with Gasteiger partial charge >= 0.3 is 0 Å². The lowest BCUT2D eigenvalue weighted by Gasteiger charge is -2.05. The molecule has 0 spiro atoms. The molecule has 2 heterocycles. The van der Waals surface area contributed by atoms with Crippen LogP contribution in [0.5, 0.6) is 0 Å². The van der Waals surface area contributed by atoms with Crippen LogP contribution >= 0.6 is 11.8 Å². The Kier molecular flexibility index (Phi) is 4.08. The van der Waals surface area contributed by atoms with Crippen LogP contribution in [-0.2, 0) is 11.8 Å². The highest BCUT2D eigenvalue weighted by molar-refractivity contribution is 7.99. The largest absolute Gasteiger partial charge is 0.383 e. The van der Waals surface area contributed by atoms with Crippen molar-refractivity contribution in [3.05, 3.63) is 17.8 Å². The van der Waals surface area contributed by atoms with Gasteiger partial charge in [-0.1, -0.05) is 11.8 Å². The van der Waals surface area contributed by atoms with Crippen molar-refractivity contribution in [3.63, 3.8) is 0 Å². The Hall–Kier alpha value is -2.29. The van der Waals surface area contributed by atoms with E-state index < -0.39 is 0 Å². The summed E-state index contributed by atoms with van der Waals surface area (Å²) in [6.45, 7) is 1.85. The Balaban J connectivity index is 1.93. The molecular weight excluding hydrogens is 278 g/mol. The number of hydrogen-bond acceptors (Lipinski definition) is 7. The molecule has 0 saturated carbocycles. The zero-order valence-electron chi connectivity index (χ0n) is 11.1. The minimum absolute atomic E-state index is 0.160. The van der Waals surface area contributed by atoms with Crippen molar-refractivity contribution in [3.8, 4) is 0 Å². The first-order valence-electron chi connectivity index (χ1n) is 5.77. The van der Waals surface area contributed by atoms with E-state index in [9.17, 15) is 4.79 Å². The third-order valence-corrected chi connectivity index (χ3v) is 3.19. The van der Waals surface area contributed by atoms with E-state index in [4.69, 9.17) is 11.5 Å². The molecule has 106 valence electrons. The fourth-order valence-corrected chi connectivity index (χ4v) is 2.24. The SMILES string of the molecule is Cc1cc(NC(=O)CSc2nc(N)cc(N)n2)n(C)n1. The van der Waals surface area contributed by atoms with Crippen LogP contribution in [0.25, 0.3) is 0 Å². The number of carbonyl (C=O) groups is 1. The van der Waals surface area contributed by atoms with Gasteiger partial charge in [0.15, 0.2) is 5.16 Å². The van der Waals surface area contributed by atoms with Crippen molar-refractivity contribution in [1.82, 2.24) is 19.7 Å². The summed E-state index contributed by atoms with van der Waals surface area (Å²) in [5, 5.41) is 7.27. The summed E-state index contributed by atoms with van der Waals surface area (Å²) in [5.41, 5.74) is 11.9. The second-order valence-corrected chi connectivity index (χ2v) is 5.07. The molecule has 0 bridgehead atoms. The fourth-order valence-electron chi connectivity index (χ4n) is 1.56. The fraction of sp³-hybridized carbons (Fsp3) is 0.273. The molecule has 8 nitrogen and oxygen atoms in total. The minimum atomic E-state index is -0.178. The predicted octanol–water partition coefficient (Wildman–Crippen LogP) is 0.414. The Morgan fingerprint density at radius 3 is 2.55 bits per heavy atom. The summed E-state index contributed by atoms with van der Waals surface area (Å²) in [6.07, 6.45) is 0. The van der Waals surface area contributed by atoms with Crippen LogP contribution < -0.4 is 16.8 Å². The van der Waals surface area contributed by atoms with Crippen molar-refractivity contribution in [2.24, 2.45) is 7.05 Å². The van der Waals surface area contributed by atoms with Gasteiger partial charge in [0.2, 0.25) is 5.91 Å². The smallest absolute Gasteiger partial charge is 0.235 e. The highest BCUT2D eigenvalue weighted by Crippen LogP contribution is 2.17. The van der Waals surface area contributed by atoms with Crippen molar-refractivity contribution >= 4 is 35.1 Å². The Labute approximate surface area is 120 Å². The Morgan fingerprint density at radius 1 is 1.35 bits per heavy atom. The average Bonchev–Trinajstić information content (AvgIpc) is 2.64. The van der Waals surface area contributed by atoms with E-state index in [0.717, 1.165) is 17.5 Å². The third-order valence-electron chi connectivity index (χ3n) is 2.35. The molecule has 9 heteroatoms. The standard InChI is InChI=1S/C11H15N7OS/c1-6-3-9(18(2)17-6)16-10(19)5-20-11-14-7(12)4-8(13)15-11/h3-4H,5H2,1-2H3,(H,16,19)(H4,12,13,14,15). The van der Waals surface area contributed by atoms with Gasteiger partial charge in [0, 0.05) is 19.2 Å². The minimum Gasteiger partial charge on any atom is -0.383 e. The number of aromatic nitrogens is 4. The monoisotopic (exact) mass is 293 g/mol. The number of aryl methyl sites for hydroxylation is 2. The second kappa shape index (κ2) is 5.78. The summed E-state index contributed by atoms with van der Waals surface area (Å²) in [6, 6.07) is 3.25. The maximum atomic E-state index is 11.8. The molecule has 1 amide bonds. The molecule has 5 N–H and O–H groups in total. The highest BCUT2D eigenvalue weighted by Gasteiger charge is 2.09. The number of nitrogens with zero attached hydrogens (tertiary/aromatic N) is 4. The second-order valence-electron chi connectivity index (χ2n) is 4.13. The van der Waals surface area contributed by atoms with Crippen molar-refractivity contribution in [2.75, 3.05) is 22.5 Å². The summed E-state index contributed by atoms with van der Waals surface area (Å²) in [5.74, 6) is 1.18. The quantitative estimate of drug-likeness (QED) is 0.551. The third kappa shape index (κ3) is 3.60. The van der Waals surface area contributed by atoms with Gasteiger partial charge in [0.25, 0.3) is 0 Å². The molecule has 0 aliphatic rings. The Bertz CT molecular complexity index is 619. The lowest BCUT2D eigenvalue weighted by atomic mass is 10.4. The van der Waals surface area contributed by atoms with E-state index in [1.807, 2.05) is 6.92 Å². The van der Waals surface area contributed by atoms with Crippen LogP contribution in [-0.4, -0.2) is 31.4 Å². The topological polar surface area (TPSA) is 125 Å². The number of nitrogen functional groups attached to an aromatic ring is 2. The van der Waals surface area contributed by atoms with Gasteiger partial charge in [0.1, 0.15) is 17.5 Å². The van der Waals surface area contributed by atoms with E-state index in [1.165, 1.54) is 6.07 Å². The molecule has 0 atom stereocenters. The molecule has 20 heavy (non-hydrogen) atoms. The van der Waals surface area contributed by atoms with Crippen LogP contribution in [0.15, 0.2) is 17.3 Å². The van der Waals surface area contributed by atoms with E-state index in [2.05, 4.69) is 20.4 Å². The maximum Gasteiger partial charge on any atom is 0.235 e. The van der Waals surface area contributed by atoms with Gasteiger partial charge in [-0.3, -0.25) is 9.48 Å². The van der Waals surface area contributed by atoms with Gasteiger partial charge < -0.3 is 16.8 Å². The van der Waals surface area contributed by atoms with Gasteiger partial charge in [-0.05, 0) is 6.92 Å². The summed E-state index contributed by atoms with van der Waals surface area (Å²) in [4.78, 5) is 19.8. The van der Waals surface area contributed by atoms with Gasteiger partial charge in [-0.25, -0.2) is 9.97 Å². The van der Waals surface area contributed by atoms with Gasteiger partial charge in [0.05, 0.1) is 11.4 Å². The number of nitrogens with one attached hydrogen (secondary N) is 1. The zero-order chi connectivity index (χ0) is 14.7. The summed E-state index contributed by atoms with van der Waals surface area (Å²) < 4.78 is 1.60. The molecule has 0 aliphatic heterocycles. The summed E-state index contributed by atoms with van der Waals surface area (Å²) >= 11 is 1.16. The number of nitrogens with two attached hydrogens (primary N) is 2. The van der Waals surface area contributed by atoms with Crippen LogP contribution in [0.1, 0.15) is 5.69 Å². The van der Waals surface area contributed by atoms with Crippen molar-refractivity contribution in [2.45, 2.75) is 12.1 Å². The van der Waals surface area contributed by atoms with Crippen molar-refractivity contribution in [1.29, 1.82) is 0 Å². The molecule has 2 aromatic heterocycles. The highest BCUT2D eigenvalue weighted by atomic mass is 32.2. The van der Waals surface area contributed by atoms with Crippen LogP contribution in [0.3, 0.4) is 0 Å². The molecule has 0 aliphatic carbocycles. The lowest BCUT2D eigenvalue weighted by Crippen LogP contribution is -2.16. The number of rotatable bonds is 4. The first-order chi connectivity index (χ1) is 9.44. The normalized spacial score (nSPS) is 10.5. The van der Waals surface area contributed by atoms with Crippen LogP contribution in [0.2, 0.25) is 0 Å². The number of amides is 1. The first-order valence-corrected chi connectivity index (χ1v) is 6.76. The number of thioether (sulfide) groups is 1. The van der Waals surface area contributed by atoms with Gasteiger partial charge in [-0.15, -0.1) is 0 Å². The van der Waals surface area contributed by atoms with E-state index >= 15 is 0 Å². The lowest BCUT2D eigenvalue weighted by molar-refractivity contribution is -0.113. The Morgan fingerprint density at radius 2 is 2.00 bits per heavy atom. The van der Waals surface area contributed by atoms with E-state index in [-0.39, 0.29) is 23.3 Å². The average molecular weight is 293 g/mol. The molecule has 0 radical (unpaired) electrons. The predicted molar refractivity (Wildman–Crippen MR) is 78.2 cm³/mol. The number of hydrogen-bond donors (Lipinski definition) is 3. The number of carbonyl (C=O) groups excluding carboxylic acids is 1. The summed E-state index contributed by atoms with van der Waals surface area (Å²) in [7, 11) is 1.76. The van der Waals surface area contributed by atoms with E-state index in [0.29, 0.717) is 11.0 Å². The van der Waals surface area contributed by atoms with E-state index in [1.54, 1.807) is 17.8 Å². The number of anilines is 3.